The van der Waals surface area contributed by atoms with Gasteiger partial charge in [-0.3, -0.25) is 9.59 Å². The lowest BCUT2D eigenvalue weighted by Gasteiger charge is -2.43. The molecule has 9 atom stereocenters. The molecular formula is C33H55NO6. The van der Waals surface area contributed by atoms with Crippen molar-refractivity contribution in [3.8, 4) is 0 Å². The van der Waals surface area contributed by atoms with Gasteiger partial charge in [0.15, 0.2) is 6.29 Å². The highest BCUT2D eigenvalue weighted by Gasteiger charge is 2.41. The minimum atomic E-state index is -0.591. The molecule has 3 aliphatic rings. The first-order valence-corrected chi connectivity index (χ1v) is 16.0. The maximum absolute atomic E-state index is 12.8. The number of fused-ring (bicyclic) bond motifs is 1. The van der Waals surface area contributed by atoms with Crippen LogP contribution in [0.4, 0.5) is 0 Å². The Morgan fingerprint density at radius 2 is 2.02 bits per heavy atom. The van der Waals surface area contributed by atoms with E-state index in [1.54, 1.807) is 0 Å². The van der Waals surface area contributed by atoms with Gasteiger partial charge in [0.25, 0.3) is 0 Å². The molecule has 0 spiro atoms. The van der Waals surface area contributed by atoms with Gasteiger partial charge < -0.3 is 24.6 Å². The number of amides is 1. The van der Waals surface area contributed by atoms with Gasteiger partial charge in [0.1, 0.15) is 6.10 Å². The smallest absolute Gasteiger partial charge is 0.308 e. The van der Waals surface area contributed by atoms with Crippen molar-refractivity contribution in [2.75, 3.05) is 13.2 Å². The molecule has 0 aromatic rings. The van der Waals surface area contributed by atoms with Crippen molar-refractivity contribution in [2.45, 2.75) is 130 Å². The molecule has 1 amide bonds. The van der Waals surface area contributed by atoms with E-state index in [2.05, 4.69) is 44.3 Å². The van der Waals surface area contributed by atoms with Gasteiger partial charge in [-0.05, 0) is 74.7 Å². The van der Waals surface area contributed by atoms with Gasteiger partial charge in [0.05, 0.1) is 24.5 Å². The Kier molecular flexibility index (Phi) is 13.7. The molecule has 0 radical (unpaired) electrons. The standard InChI is InChI=1S/C33H55NO6/c1-6-8-16-34-30(36)21-27(39-31-11-9-10-17-38-31)20-26(35)14-15-28-24(5)12-13-25-18-22(3)19-29(32(25)28)40-33(37)23(4)7-2/h12-13,18,22-24,26-29,31-32,35H,6-11,14-17,19-21H2,1-5H3,(H,34,36)/t22-,23-,24-,26+,27+,28-,29-,31?,32-/m0/s1. The van der Waals surface area contributed by atoms with E-state index in [1.165, 1.54) is 5.57 Å². The number of aliphatic hydroxyl groups is 1. The quantitative estimate of drug-likeness (QED) is 0.185. The zero-order chi connectivity index (χ0) is 29.1. The van der Waals surface area contributed by atoms with Crippen molar-refractivity contribution in [3.05, 3.63) is 23.8 Å². The van der Waals surface area contributed by atoms with Crippen molar-refractivity contribution in [2.24, 2.45) is 29.6 Å². The molecular weight excluding hydrogens is 506 g/mol. The molecule has 1 heterocycles. The van der Waals surface area contributed by atoms with Crippen molar-refractivity contribution in [1.82, 2.24) is 5.32 Å². The highest BCUT2D eigenvalue weighted by atomic mass is 16.7. The molecule has 1 saturated heterocycles. The molecule has 0 aromatic carbocycles. The summed E-state index contributed by atoms with van der Waals surface area (Å²) < 4.78 is 18.2. The zero-order valence-corrected chi connectivity index (χ0v) is 25.6. The number of ether oxygens (including phenoxy) is 3. The summed E-state index contributed by atoms with van der Waals surface area (Å²) >= 11 is 0. The highest BCUT2D eigenvalue weighted by molar-refractivity contribution is 5.76. The lowest BCUT2D eigenvalue weighted by atomic mass is 9.65. The first-order valence-electron chi connectivity index (χ1n) is 16.0. The Morgan fingerprint density at radius 3 is 2.73 bits per heavy atom. The molecule has 1 unspecified atom stereocenters. The fraction of sp³-hybridized carbons (Fsp3) is 0.818. The molecule has 0 bridgehead atoms. The second kappa shape index (κ2) is 16.7. The van der Waals surface area contributed by atoms with Crippen LogP contribution in [0.15, 0.2) is 23.8 Å². The van der Waals surface area contributed by atoms with Crippen LogP contribution in [0.2, 0.25) is 0 Å². The van der Waals surface area contributed by atoms with Gasteiger partial charge in [0, 0.05) is 25.5 Å². The molecule has 1 aliphatic heterocycles. The van der Waals surface area contributed by atoms with Gasteiger partial charge in [-0.2, -0.15) is 0 Å². The molecule has 0 saturated carbocycles. The van der Waals surface area contributed by atoms with Crippen molar-refractivity contribution in [3.63, 3.8) is 0 Å². The summed E-state index contributed by atoms with van der Waals surface area (Å²) in [7, 11) is 0. The molecule has 7 nitrogen and oxygen atoms in total. The van der Waals surface area contributed by atoms with Crippen LogP contribution in [-0.4, -0.2) is 54.7 Å². The number of carbonyl (C=O) groups is 2. The summed E-state index contributed by atoms with van der Waals surface area (Å²) in [5.74, 6) is 0.836. The molecule has 3 rings (SSSR count). The number of nitrogens with one attached hydrogen (secondary N) is 1. The van der Waals surface area contributed by atoms with E-state index >= 15 is 0 Å². The maximum atomic E-state index is 12.8. The van der Waals surface area contributed by atoms with Crippen LogP contribution in [0.25, 0.3) is 0 Å². The van der Waals surface area contributed by atoms with Crippen LogP contribution < -0.4 is 5.32 Å². The van der Waals surface area contributed by atoms with Crippen molar-refractivity contribution >= 4 is 11.9 Å². The normalized spacial score (nSPS) is 30.5. The largest absolute Gasteiger partial charge is 0.461 e. The number of carbonyl (C=O) groups excluding carboxylic acids is 2. The predicted octanol–water partition coefficient (Wildman–Crippen LogP) is 6.10. The van der Waals surface area contributed by atoms with E-state index in [9.17, 15) is 14.7 Å². The fourth-order valence-corrected chi connectivity index (χ4v) is 6.36. The average molecular weight is 562 g/mol. The van der Waals surface area contributed by atoms with Crippen LogP contribution in [0.5, 0.6) is 0 Å². The fourth-order valence-electron chi connectivity index (χ4n) is 6.36. The number of hydrogen-bond donors (Lipinski definition) is 2. The SMILES string of the molecule is CCCCNC(=O)C[C@@H](C[C@H](O)CC[C@@H]1[C@@H]2C(=C[C@H](C)C[C@@H]2OC(=O)[C@@H](C)CC)C=C[C@@H]1C)OC1CCCCO1. The predicted molar refractivity (Wildman–Crippen MR) is 157 cm³/mol. The molecule has 7 heteroatoms. The summed E-state index contributed by atoms with van der Waals surface area (Å²) in [4.78, 5) is 25.4. The summed E-state index contributed by atoms with van der Waals surface area (Å²) in [5.41, 5.74) is 1.26. The minimum absolute atomic E-state index is 0.0374. The van der Waals surface area contributed by atoms with Gasteiger partial charge in [-0.15, -0.1) is 0 Å². The Labute approximate surface area is 242 Å². The first-order chi connectivity index (χ1) is 19.2. The monoisotopic (exact) mass is 561 g/mol. The number of esters is 1. The first kappa shape index (κ1) is 32.8. The van der Waals surface area contributed by atoms with E-state index < -0.39 is 12.2 Å². The average Bonchev–Trinajstić information content (AvgIpc) is 2.92. The molecule has 2 N–H and O–H groups in total. The van der Waals surface area contributed by atoms with Gasteiger partial charge in [-0.25, -0.2) is 0 Å². The molecule has 0 aromatic heterocycles. The Balaban J connectivity index is 1.64. The van der Waals surface area contributed by atoms with Crippen molar-refractivity contribution in [1.29, 1.82) is 0 Å². The number of rotatable bonds is 15. The number of allylic oxidation sites excluding steroid dienone is 3. The lowest BCUT2D eigenvalue weighted by Crippen LogP contribution is -2.41. The van der Waals surface area contributed by atoms with Crippen LogP contribution in [-0.2, 0) is 23.8 Å². The third-order valence-corrected chi connectivity index (χ3v) is 8.99. The second-order valence-electron chi connectivity index (χ2n) is 12.5. The van der Waals surface area contributed by atoms with Crippen LogP contribution >= 0.6 is 0 Å². The summed E-state index contributed by atoms with van der Waals surface area (Å²) in [6.45, 7) is 11.8. The number of unbranched alkanes of at least 4 members (excludes halogenated alkanes) is 1. The third-order valence-electron chi connectivity index (χ3n) is 8.99. The van der Waals surface area contributed by atoms with E-state index in [4.69, 9.17) is 14.2 Å². The zero-order valence-electron chi connectivity index (χ0n) is 25.6. The van der Waals surface area contributed by atoms with Gasteiger partial charge in [-0.1, -0.05) is 59.3 Å². The molecule has 2 aliphatic carbocycles. The molecule has 40 heavy (non-hydrogen) atoms. The Hall–Kier alpha value is -1.70. The topological polar surface area (TPSA) is 94.1 Å². The van der Waals surface area contributed by atoms with Crippen LogP contribution in [0, 0.1) is 29.6 Å². The van der Waals surface area contributed by atoms with E-state index in [0.717, 1.165) is 51.4 Å². The second-order valence-corrected chi connectivity index (χ2v) is 12.5. The third kappa shape index (κ3) is 9.99. The highest BCUT2D eigenvalue weighted by Crippen LogP contribution is 2.45. The summed E-state index contributed by atoms with van der Waals surface area (Å²) in [6, 6.07) is 0. The summed E-state index contributed by atoms with van der Waals surface area (Å²) in [5, 5.41) is 14.2. The molecule has 1 fully saturated rings. The Bertz CT molecular complexity index is 850. The molecule has 228 valence electrons. The van der Waals surface area contributed by atoms with E-state index in [1.807, 2.05) is 13.8 Å². The van der Waals surface area contributed by atoms with Crippen LogP contribution in [0.1, 0.15) is 105 Å². The minimum Gasteiger partial charge on any atom is -0.461 e. The maximum Gasteiger partial charge on any atom is 0.308 e. The summed E-state index contributed by atoms with van der Waals surface area (Å²) in [6.07, 6.45) is 13.9. The Morgan fingerprint density at radius 1 is 1.23 bits per heavy atom. The van der Waals surface area contributed by atoms with Crippen molar-refractivity contribution < 1.29 is 28.9 Å². The van der Waals surface area contributed by atoms with Gasteiger partial charge >= 0.3 is 5.97 Å². The van der Waals surface area contributed by atoms with E-state index in [0.29, 0.717) is 37.8 Å². The van der Waals surface area contributed by atoms with Gasteiger partial charge in [0.2, 0.25) is 5.91 Å². The number of aliphatic hydroxyl groups excluding tert-OH is 1. The number of hydrogen-bond acceptors (Lipinski definition) is 6. The lowest BCUT2D eigenvalue weighted by molar-refractivity contribution is -0.194. The van der Waals surface area contributed by atoms with Crippen LogP contribution in [0.3, 0.4) is 0 Å². The van der Waals surface area contributed by atoms with E-state index in [-0.39, 0.29) is 48.4 Å².